The van der Waals surface area contributed by atoms with Crippen molar-refractivity contribution < 1.29 is 4.79 Å². The average molecular weight is 494 g/mol. The van der Waals surface area contributed by atoms with Gasteiger partial charge in [-0.25, -0.2) is 4.79 Å². The molecule has 0 aliphatic heterocycles. The van der Waals surface area contributed by atoms with Crippen LogP contribution in [0.15, 0.2) is 71.8 Å². The van der Waals surface area contributed by atoms with Gasteiger partial charge in [-0.3, -0.25) is 18.9 Å². The van der Waals surface area contributed by atoms with E-state index in [0.29, 0.717) is 23.6 Å². The lowest BCUT2D eigenvalue weighted by atomic mass is 10.0. The summed E-state index contributed by atoms with van der Waals surface area (Å²) in [5.41, 5.74) is 6.27. The van der Waals surface area contributed by atoms with Crippen LogP contribution in [0.1, 0.15) is 47.4 Å². The summed E-state index contributed by atoms with van der Waals surface area (Å²) in [6.07, 6.45) is 5.25. The number of H-pyrrole nitrogens is 1. The maximum absolute atomic E-state index is 13.6. The number of ketones is 1. The van der Waals surface area contributed by atoms with Crippen LogP contribution in [0.25, 0.3) is 28.3 Å². The van der Waals surface area contributed by atoms with Crippen LogP contribution in [0.2, 0.25) is 0 Å². The van der Waals surface area contributed by atoms with Crippen molar-refractivity contribution in [2.75, 3.05) is 0 Å². The third-order valence-corrected chi connectivity index (χ3v) is 6.39. The van der Waals surface area contributed by atoms with Crippen LogP contribution in [-0.2, 0) is 13.0 Å². The van der Waals surface area contributed by atoms with E-state index in [1.165, 1.54) is 6.92 Å². The van der Waals surface area contributed by atoms with Crippen molar-refractivity contribution in [1.82, 2.24) is 34.7 Å². The van der Waals surface area contributed by atoms with E-state index in [-0.39, 0.29) is 11.5 Å². The number of tetrazole rings is 1. The Morgan fingerprint density at radius 1 is 1.05 bits per heavy atom. The fraction of sp³-hybridized carbons (Fsp3) is 0.214. The molecule has 0 spiro atoms. The second-order valence-electron chi connectivity index (χ2n) is 8.97. The molecule has 0 fully saturated rings. The van der Waals surface area contributed by atoms with Gasteiger partial charge in [0.25, 0.3) is 0 Å². The highest BCUT2D eigenvalue weighted by atomic mass is 16.2. The first-order valence-corrected chi connectivity index (χ1v) is 12.2. The van der Waals surface area contributed by atoms with Gasteiger partial charge < -0.3 is 0 Å². The quantitative estimate of drug-likeness (QED) is 0.321. The molecule has 3 aromatic heterocycles. The van der Waals surface area contributed by atoms with Crippen molar-refractivity contribution in [2.24, 2.45) is 0 Å². The van der Waals surface area contributed by atoms with E-state index in [1.54, 1.807) is 21.4 Å². The number of carbonyl (C=O) groups is 1. The lowest BCUT2D eigenvalue weighted by Crippen LogP contribution is -2.26. The van der Waals surface area contributed by atoms with Crippen LogP contribution in [0.3, 0.4) is 0 Å². The van der Waals surface area contributed by atoms with Gasteiger partial charge in [0.2, 0.25) is 5.82 Å². The SMILES string of the molecule is CCCc1cn(-c2c(C)cccc2C(C)=O)c(=O)n1Cc1ccc(-c2ncccc2-c2nn[nH]n2)cc1. The molecule has 0 amide bonds. The highest BCUT2D eigenvalue weighted by molar-refractivity contribution is 5.98. The molecule has 186 valence electrons. The molecular weight excluding hydrogens is 466 g/mol. The molecule has 0 aliphatic rings. The summed E-state index contributed by atoms with van der Waals surface area (Å²) in [6.45, 7) is 5.96. The minimum atomic E-state index is -0.159. The van der Waals surface area contributed by atoms with E-state index in [1.807, 2.05) is 61.7 Å². The molecule has 3 heterocycles. The normalized spacial score (nSPS) is 11.1. The van der Waals surface area contributed by atoms with Gasteiger partial charge >= 0.3 is 5.69 Å². The number of nitrogens with zero attached hydrogens (tertiary/aromatic N) is 6. The molecule has 0 unspecified atom stereocenters. The van der Waals surface area contributed by atoms with Crippen LogP contribution in [0, 0.1) is 6.92 Å². The molecule has 0 saturated heterocycles. The largest absolute Gasteiger partial charge is 0.333 e. The molecule has 5 aromatic rings. The van der Waals surface area contributed by atoms with Gasteiger partial charge in [-0.1, -0.05) is 49.7 Å². The van der Waals surface area contributed by atoms with Gasteiger partial charge in [0.05, 0.1) is 17.9 Å². The predicted octanol–water partition coefficient (Wildman–Crippen LogP) is 4.39. The van der Waals surface area contributed by atoms with E-state index in [0.717, 1.165) is 46.5 Å². The lowest BCUT2D eigenvalue weighted by Gasteiger charge is -2.11. The van der Waals surface area contributed by atoms with Crippen molar-refractivity contribution in [3.63, 3.8) is 0 Å². The number of carbonyl (C=O) groups excluding carboxylic acids is 1. The van der Waals surface area contributed by atoms with Gasteiger partial charge in [-0.2, -0.15) is 5.21 Å². The Hall–Kier alpha value is -4.66. The summed E-state index contributed by atoms with van der Waals surface area (Å²) >= 11 is 0. The van der Waals surface area contributed by atoms with E-state index >= 15 is 0 Å². The number of aromatic nitrogens is 7. The van der Waals surface area contributed by atoms with Gasteiger partial charge in [-0.05, 0) is 54.8 Å². The van der Waals surface area contributed by atoms with E-state index < -0.39 is 0 Å². The van der Waals surface area contributed by atoms with Gasteiger partial charge in [0.1, 0.15) is 0 Å². The van der Waals surface area contributed by atoms with E-state index in [4.69, 9.17) is 0 Å². The molecule has 0 atom stereocenters. The number of aryl methyl sites for hydroxylation is 2. The number of pyridine rings is 1. The van der Waals surface area contributed by atoms with Crippen molar-refractivity contribution >= 4 is 5.78 Å². The smallest absolute Gasteiger partial charge is 0.294 e. The fourth-order valence-electron chi connectivity index (χ4n) is 4.62. The maximum atomic E-state index is 13.6. The van der Waals surface area contributed by atoms with Crippen LogP contribution in [-0.4, -0.2) is 40.5 Å². The topological polar surface area (TPSA) is 111 Å². The first-order valence-electron chi connectivity index (χ1n) is 12.2. The Morgan fingerprint density at radius 2 is 1.86 bits per heavy atom. The number of aromatic amines is 1. The highest BCUT2D eigenvalue weighted by Crippen LogP contribution is 2.28. The molecule has 37 heavy (non-hydrogen) atoms. The van der Waals surface area contributed by atoms with Gasteiger partial charge in [0.15, 0.2) is 5.78 Å². The summed E-state index contributed by atoms with van der Waals surface area (Å²) in [5.74, 6) is 0.408. The number of para-hydroxylation sites is 1. The molecule has 2 aromatic carbocycles. The van der Waals surface area contributed by atoms with Crippen LogP contribution < -0.4 is 5.69 Å². The highest BCUT2D eigenvalue weighted by Gasteiger charge is 2.18. The Morgan fingerprint density at radius 3 is 2.57 bits per heavy atom. The summed E-state index contributed by atoms with van der Waals surface area (Å²) in [4.78, 5) is 30.5. The number of benzene rings is 2. The standard InChI is InChI=1S/C28H27N7O2/c1-4-7-22-17-35(26-18(2)8-5-9-23(26)19(3)36)28(37)34(22)16-20-11-13-21(14-12-20)25-24(10-6-15-29-25)27-30-32-33-31-27/h5-6,8-15,17H,4,7,16H2,1-3H3,(H,30,31,32,33). The predicted molar refractivity (Wildman–Crippen MR) is 141 cm³/mol. The second kappa shape index (κ2) is 10.1. The Labute approximate surface area is 213 Å². The summed E-state index contributed by atoms with van der Waals surface area (Å²) in [6, 6.07) is 17.2. The fourth-order valence-corrected chi connectivity index (χ4v) is 4.62. The van der Waals surface area contributed by atoms with Crippen molar-refractivity contribution in [2.45, 2.75) is 40.2 Å². The minimum Gasteiger partial charge on any atom is -0.294 e. The summed E-state index contributed by atoms with van der Waals surface area (Å²) in [7, 11) is 0. The third-order valence-electron chi connectivity index (χ3n) is 6.39. The van der Waals surface area contributed by atoms with Crippen LogP contribution in [0.4, 0.5) is 0 Å². The second-order valence-corrected chi connectivity index (χ2v) is 8.97. The van der Waals surface area contributed by atoms with E-state index in [9.17, 15) is 9.59 Å². The third kappa shape index (κ3) is 4.63. The Bertz CT molecular complexity index is 1610. The number of hydrogen-bond donors (Lipinski definition) is 1. The number of hydrogen-bond acceptors (Lipinski definition) is 6. The lowest BCUT2D eigenvalue weighted by molar-refractivity contribution is 0.101. The molecule has 0 saturated carbocycles. The molecule has 9 nitrogen and oxygen atoms in total. The monoisotopic (exact) mass is 493 g/mol. The summed E-state index contributed by atoms with van der Waals surface area (Å²) in [5, 5.41) is 14.3. The first kappa shape index (κ1) is 24.1. The van der Waals surface area contributed by atoms with Gasteiger partial charge in [0, 0.05) is 34.8 Å². The molecular formula is C28H27N7O2. The first-order chi connectivity index (χ1) is 18.0. The van der Waals surface area contributed by atoms with Crippen molar-refractivity contribution in [3.05, 3.63) is 99.9 Å². The van der Waals surface area contributed by atoms with Gasteiger partial charge in [-0.15, -0.1) is 10.2 Å². The molecule has 1 N–H and O–H groups in total. The number of Topliss-reactive ketones (excluding diaryl/α,β-unsaturated/α-hetero) is 1. The zero-order valence-corrected chi connectivity index (χ0v) is 21.0. The van der Waals surface area contributed by atoms with Crippen molar-refractivity contribution in [1.29, 1.82) is 0 Å². The van der Waals surface area contributed by atoms with Crippen LogP contribution in [0.5, 0.6) is 0 Å². The Kier molecular flexibility index (Phi) is 6.59. The molecule has 0 bridgehead atoms. The Balaban J connectivity index is 1.51. The zero-order chi connectivity index (χ0) is 25.9. The van der Waals surface area contributed by atoms with E-state index in [2.05, 4.69) is 32.5 Å². The number of imidazole rings is 1. The number of rotatable bonds is 8. The molecule has 0 radical (unpaired) electrons. The summed E-state index contributed by atoms with van der Waals surface area (Å²) < 4.78 is 3.41. The number of nitrogens with one attached hydrogen (secondary N) is 1. The van der Waals surface area contributed by atoms with Crippen molar-refractivity contribution in [3.8, 4) is 28.3 Å². The zero-order valence-electron chi connectivity index (χ0n) is 21.0. The molecule has 0 aliphatic carbocycles. The minimum absolute atomic E-state index is 0.0688. The maximum Gasteiger partial charge on any atom is 0.333 e. The average Bonchev–Trinajstić information content (AvgIpc) is 3.54. The molecule has 9 heteroatoms. The van der Waals surface area contributed by atoms with Crippen LogP contribution >= 0.6 is 0 Å². The molecule has 5 rings (SSSR count).